The topological polar surface area (TPSA) is 93.7 Å². The molecule has 0 radical (unpaired) electrons. The minimum absolute atomic E-state index is 0.119. The quantitative estimate of drug-likeness (QED) is 0.628. The molecule has 8 nitrogen and oxygen atoms in total. The second-order valence-corrected chi connectivity index (χ2v) is 7.95. The third kappa shape index (κ3) is 5.03. The molecular weight excluding hydrogens is 392 g/mol. The molecule has 0 saturated carbocycles. The predicted molar refractivity (Wildman–Crippen MR) is 112 cm³/mol. The van der Waals surface area contributed by atoms with E-state index >= 15 is 0 Å². The van der Waals surface area contributed by atoms with Gasteiger partial charge in [0.1, 0.15) is 16.5 Å². The Morgan fingerprint density at radius 2 is 2.10 bits per heavy atom. The van der Waals surface area contributed by atoms with E-state index in [9.17, 15) is 9.59 Å². The first kappa shape index (κ1) is 21.0. The maximum absolute atomic E-state index is 12.7. The number of benzene rings is 1. The summed E-state index contributed by atoms with van der Waals surface area (Å²) in [6.07, 6.45) is 4.37. The number of unbranched alkanes of at least 4 members (excludes halogenated alkanes) is 2. The van der Waals surface area contributed by atoms with Crippen molar-refractivity contribution in [2.45, 2.75) is 39.0 Å². The van der Waals surface area contributed by atoms with E-state index in [1.165, 1.54) is 18.4 Å². The maximum atomic E-state index is 12.7. The van der Waals surface area contributed by atoms with Crippen LogP contribution < -0.4 is 19.7 Å². The Balaban J connectivity index is 1.63. The number of aryl methyl sites for hydroxylation is 1. The smallest absolute Gasteiger partial charge is 0.231 e. The minimum atomic E-state index is -0.457. The Labute approximate surface area is 174 Å². The fourth-order valence-electron chi connectivity index (χ4n) is 3.26. The summed E-state index contributed by atoms with van der Waals surface area (Å²) in [6.45, 7) is 2.44. The lowest BCUT2D eigenvalue weighted by Crippen LogP contribution is -2.28. The van der Waals surface area contributed by atoms with E-state index in [0.717, 1.165) is 30.7 Å². The predicted octanol–water partition coefficient (Wildman–Crippen LogP) is 3.28. The van der Waals surface area contributed by atoms with E-state index in [1.807, 2.05) is 0 Å². The van der Waals surface area contributed by atoms with E-state index in [4.69, 9.17) is 9.47 Å². The lowest BCUT2D eigenvalue weighted by Gasteiger charge is -2.20. The summed E-state index contributed by atoms with van der Waals surface area (Å²) in [5.74, 6) is 0.370. The molecule has 9 heteroatoms. The van der Waals surface area contributed by atoms with Crippen LogP contribution in [0.4, 0.5) is 10.8 Å². The Bertz CT molecular complexity index is 870. The molecule has 1 N–H and O–H groups in total. The normalized spacial score (nSPS) is 16.2. The van der Waals surface area contributed by atoms with Gasteiger partial charge >= 0.3 is 0 Å². The Hall–Kier alpha value is -2.68. The zero-order valence-corrected chi connectivity index (χ0v) is 17.8. The summed E-state index contributed by atoms with van der Waals surface area (Å²) < 4.78 is 10.6. The summed E-state index contributed by atoms with van der Waals surface area (Å²) in [5.41, 5.74) is 0.628. The summed E-state index contributed by atoms with van der Waals surface area (Å²) in [6, 6.07) is 5.25. The lowest BCUT2D eigenvalue weighted by molar-refractivity contribution is -0.122. The lowest BCUT2D eigenvalue weighted by atomic mass is 10.1. The highest BCUT2D eigenvalue weighted by Crippen LogP contribution is 2.36. The second-order valence-electron chi connectivity index (χ2n) is 6.89. The van der Waals surface area contributed by atoms with Gasteiger partial charge in [-0.3, -0.25) is 9.59 Å². The molecule has 2 heterocycles. The highest BCUT2D eigenvalue weighted by atomic mass is 32.1. The average molecular weight is 419 g/mol. The molecule has 1 aliphatic rings. The maximum Gasteiger partial charge on any atom is 0.231 e. The van der Waals surface area contributed by atoms with E-state index in [-0.39, 0.29) is 24.8 Å². The molecule has 1 aliphatic heterocycles. The van der Waals surface area contributed by atoms with Crippen LogP contribution in [0.3, 0.4) is 0 Å². The largest absolute Gasteiger partial charge is 0.497 e. The van der Waals surface area contributed by atoms with E-state index in [0.29, 0.717) is 22.3 Å². The van der Waals surface area contributed by atoms with Crippen molar-refractivity contribution in [3.05, 3.63) is 23.2 Å². The van der Waals surface area contributed by atoms with Gasteiger partial charge in [0, 0.05) is 25.5 Å². The van der Waals surface area contributed by atoms with Crippen LogP contribution in [0.1, 0.15) is 37.6 Å². The molecule has 0 unspecified atom stereocenters. The third-order valence-electron chi connectivity index (χ3n) is 4.86. The first-order valence-corrected chi connectivity index (χ1v) is 10.5. The van der Waals surface area contributed by atoms with Crippen molar-refractivity contribution in [2.24, 2.45) is 5.92 Å². The number of ether oxygens (including phenoxy) is 2. The van der Waals surface area contributed by atoms with Crippen molar-refractivity contribution in [1.29, 1.82) is 0 Å². The number of nitrogens with zero attached hydrogens (tertiary/aromatic N) is 3. The zero-order chi connectivity index (χ0) is 20.8. The van der Waals surface area contributed by atoms with Crippen LogP contribution in [0.25, 0.3) is 0 Å². The van der Waals surface area contributed by atoms with Gasteiger partial charge in [0.25, 0.3) is 0 Å². The molecular formula is C20H26N4O4S. The second kappa shape index (κ2) is 9.69. The first-order valence-electron chi connectivity index (χ1n) is 9.71. The van der Waals surface area contributed by atoms with E-state index < -0.39 is 5.92 Å². The van der Waals surface area contributed by atoms with Gasteiger partial charge in [-0.05, 0) is 18.6 Å². The number of methoxy groups -OCH3 is 2. The molecule has 0 aliphatic carbocycles. The number of aromatic nitrogens is 2. The van der Waals surface area contributed by atoms with Crippen LogP contribution in [-0.2, 0) is 16.0 Å². The fourth-order valence-corrected chi connectivity index (χ4v) is 4.05. The molecule has 2 aromatic rings. The molecule has 156 valence electrons. The molecule has 1 atom stereocenters. The van der Waals surface area contributed by atoms with Crippen molar-refractivity contribution in [3.63, 3.8) is 0 Å². The highest BCUT2D eigenvalue weighted by molar-refractivity contribution is 7.15. The van der Waals surface area contributed by atoms with Crippen LogP contribution >= 0.6 is 11.3 Å². The monoisotopic (exact) mass is 418 g/mol. The van der Waals surface area contributed by atoms with Crippen LogP contribution in [0, 0.1) is 5.92 Å². The molecule has 1 saturated heterocycles. The van der Waals surface area contributed by atoms with Crippen molar-refractivity contribution in [3.8, 4) is 11.5 Å². The average Bonchev–Trinajstić information content (AvgIpc) is 3.34. The van der Waals surface area contributed by atoms with Gasteiger partial charge in [0.05, 0.1) is 25.8 Å². The van der Waals surface area contributed by atoms with Gasteiger partial charge in [-0.1, -0.05) is 31.1 Å². The highest BCUT2D eigenvalue weighted by Gasteiger charge is 2.36. The van der Waals surface area contributed by atoms with Gasteiger partial charge in [0.15, 0.2) is 0 Å². The van der Waals surface area contributed by atoms with Crippen LogP contribution in [-0.4, -0.2) is 42.8 Å². The third-order valence-corrected chi connectivity index (χ3v) is 5.76. The molecule has 29 heavy (non-hydrogen) atoms. The van der Waals surface area contributed by atoms with Crippen LogP contribution in [0.15, 0.2) is 18.2 Å². The van der Waals surface area contributed by atoms with Crippen LogP contribution in [0.5, 0.6) is 11.5 Å². The first-order chi connectivity index (χ1) is 14.0. The molecule has 0 bridgehead atoms. The number of carbonyl (C=O) groups is 2. The van der Waals surface area contributed by atoms with Crippen molar-refractivity contribution in [1.82, 2.24) is 10.2 Å². The summed E-state index contributed by atoms with van der Waals surface area (Å²) in [7, 11) is 3.11. The van der Waals surface area contributed by atoms with Gasteiger partial charge in [0.2, 0.25) is 16.9 Å². The van der Waals surface area contributed by atoms with Gasteiger partial charge in [-0.15, -0.1) is 10.2 Å². The standard InChI is InChI=1S/C20H26N4O4S/c1-4-5-6-7-17-22-23-20(29-17)21-19(26)13-10-18(25)24(12-13)15-9-8-14(27-2)11-16(15)28-3/h8-9,11,13H,4-7,10,12H2,1-3H3,(H,21,23,26)/t13-/m1/s1. The Kier molecular flexibility index (Phi) is 7.03. The Morgan fingerprint density at radius 1 is 1.28 bits per heavy atom. The SMILES string of the molecule is CCCCCc1nnc(NC(=O)[C@@H]2CC(=O)N(c3ccc(OC)cc3OC)C2)s1. The molecule has 1 aromatic heterocycles. The fraction of sp³-hybridized carbons (Fsp3) is 0.500. The number of hydrogen-bond acceptors (Lipinski definition) is 7. The minimum Gasteiger partial charge on any atom is -0.497 e. The van der Waals surface area contributed by atoms with Crippen molar-refractivity contribution < 1.29 is 19.1 Å². The summed E-state index contributed by atoms with van der Waals surface area (Å²) in [5, 5.41) is 12.4. The molecule has 1 aromatic carbocycles. The van der Waals surface area contributed by atoms with Gasteiger partial charge < -0.3 is 19.7 Å². The number of carbonyl (C=O) groups excluding carboxylic acids is 2. The number of hydrogen-bond donors (Lipinski definition) is 1. The van der Waals surface area contributed by atoms with Crippen LogP contribution in [0.2, 0.25) is 0 Å². The summed E-state index contributed by atoms with van der Waals surface area (Å²) in [4.78, 5) is 26.8. The van der Waals surface area contributed by atoms with Crippen molar-refractivity contribution in [2.75, 3.05) is 31.0 Å². The molecule has 3 rings (SSSR count). The molecule has 1 fully saturated rings. The van der Waals surface area contributed by atoms with E-state index in [2.05, 4.69) is 22.4 Å². The van der Waals surface area contributed by atoms with Gasteiger partial charge in [-0.25, -0.2) is 0 Å². The molecule has 2 amide bonds. The number of amides is 2. The zero-order valence-electron chi connectivity index (χ0n) is 16.9. The Morgan fingerprint density at radius 3 is 2.83 bits per heavy atom. The number of nitrogens with one attached hydrogen (secondary N) is 1. The summed E-state index contributed by atoms with van der Waals surface area (Å²) >= 11 is 1.39. The van der Waals surface area contributed by atoms with E-state index in [1.54, 1.807) is 30.2 Å². The molecule has 0 spiro atoms. The van der Waals surface area contributed by atoms with Gasteiger partial charge in [-0.2, -0.15) is 0 Å². The number of anilines is 2. The van der Waals surface area contributed by atoms with Crippen molar-refractivity contribution >= 4 is 34.0 Å². The number of rotatable bonds is 9.